The van der Waals surface area contributed by atoms with Crippen LogP contribution in [0.15, 0.2) is 41.3 Å². The minimum absolute atomic E-state index is 0.0178. The summed E-state index contributed by atoms with van der Waals surface area (Å²) in [5.74, 6) is -0.0663. The summed E-state index contributed by atoms with van der Waals surface area (Å²) in [6.45, 7) is 1.17. The van der Waals surface area contributed by atoms with Gasteiger partial charge in [-0.25, -0.2) is 13.2 Å². The Labute approximate surface area is 198 Å². The average molecular weight is 490 g/mol. The van der Waals surface area contributed by atoms with Gasteiger partial charge in [-0.05, 0) is 49.2 Å². The van der Waals surface area contributed by atoms with Gasteiger partial charge in [-0.2, -0.15) is 4.31 Å². The number of methoxy groups -OCH3 is 1. The fraction of sp³-hybridized carbons (Fsp3) is 0.417. The van der Waals surface area contributed by atoms with Crippen molar-refractivity contribution in [2.75, 3.05) is 40.0 Å². The third-order valence-corrected chi connectivity index (χ3v) is 7.70. The van der Waals surface area contributed by atoms with Gasteiger partial charge in [0.25, 0.3) is 0 Å². The zero-order chi connectivity index (χ0) is 24.1. The fourth-order valence-corrected chi connectivity index (χ4v) is 5.64. The monoisotopic (exact) mass is 489 g/mol. The topological polar surface area (TPSA) is 108 Å². The van der Waals surface area contributed by atoms with Gasteiger partial charge < -0.3 is 18.9 Å². The standard InChI is InChI=1S/C24H27NO8S/c1-30-21-9-7-18(15-23(21)34(28,29)25-10-4-2-3-5-11-25)24(27)33-16-19(26)17-6-8-20-22(14-17)32-13-12-31-20/h6-9,14-15H,2-5,10-13,16H2,1H3. The van der Waals surface area contributed by atoms with Crippen LogP contribution in [0, 0.1) is 0 Å². The Morgan fingerprint density at radius 2 is 1.59 bits per heavy atom. The number of hydrogen-bond acceptors (Lipinski definition) is 8. The molecule has 2 aromatic rings. The molecule has 0 N–H and O–H groups in total. The van der Waals surface area contributed by atoms with Gasteiger partial charge in [0, 0.05) is 18.7 Å². The predicted octanol–water partition coefficient (Wildman–Crippen LogP) is 3.07. The number of carbonyl (C=O) groups excluding carboxylic acids is 2. The van der Waals surface area contributed by atoms with Crippen molar-refractivity contribution in [3.8, 4) is 17.2 Å². The number of fused-ring (bicyclic) bond motifs is 1. The Balaban J connectivity index is 1.48. The highest BCUT2D eigenvalue weighted by Gasteiger charge is 2.29. The number of sulfonamides is 1. The van der Waals surface area contributed by atoms with Gasteiger partial charge >= 0.3 is 5.97 Å². The van der Waals surface area contributed by atoms with Crippen LogP contribution in [0.3, 0.4) is 0 Å². The van der Waals surface area contributed by atoms with E-state index >= 15 is 0 Å². The first kappa shape index (κ1) is 24.0. The molecular weight excluding hydrogens is 462 g/mol. The Morgan fingerprint density at radius 1 is 0.912 bits per heavy atom. The molecule has 0 aliphatic carbocycles. The van der Waals surface area contributed by atoms with Crippen LogP contribution in [0.1, 0.15) is 46.4 Å². The molecule has 0 atom stereocenters. The van der Waals surface area contributed by atoms with Crippen molar-refractivity contribution in [3.63, 3.8) is 0 Å². The van der Waals surface area contributed by atoms with E-state index in [1.165, 1.54) is 29.6 Å². The molecule has 0 radical (unpaired) electrons. The zero-order valence-corrected chi connectivity index (χ0v) is 19.8. The number of benzene rings is 2. The summed E-state index contributed by atoms with van der Waals surface area (Å²) in [6, 6.07) is 8.83. The van der Waals surface area contributed by atoms with Crippen LogP contribution in [0.25, 0.3) is 0 Å². The maximum absolute atomic E-state index is 13.3. The van der Waals surface area contributed by atoms with Crippen LogP contribution in [0.2, 0.25) is 0 Å². The Morgan fingerprint density at radius 3 is 2.29 bits per heavy atom. The van der Waals surface area contributed by atoms with E-state index in [1.807, 2.05) is 0 Å². The minimum Gasteiger partial charge on any atom is -0.495 e. The average Bonchev–Trinajstić information content (AvgIpc) is 3.16. The Hall–Kier alpha value is -3.11. The maximum atomic E-state index is 13.3. The summed E-state index contributed by atoms with van der Waals surface area (Å²) in [6.07, 6.45) is 3.52. The number of ketones is 1. The molecule has 0 saturated carbocycles. The van der Waals surface area contributed by atoms with Crippen molar-refractivity contribution >= 4 is 21.8 Å². The minimum atomic E-state index is -3.86. The second-order valence-electron chi connectivity index (χ2n) is 8.04. The maximum Gasteiger partial charge on any atom is 0.338 e. The molecule has 2 aromatic carbocycles. The number of carbonyl (C=O) groups is 2. The van der Waals surface area contributed by atoms with Crippen molar-refractivity contribution in [1.29, 1.82) is 0 Å². The highest BCUT2D eigenvalue weighted by molar-refractivity contribution is 7.89. The lowest BCUT2D eigenvalue weighted by Crippen LogP contribution is -2.32. The van der Waals surface area contributed by atoms with Crippen LogP contribution >= 0.6 is 0 Å². The van der Waals surface area contributed by atoms with E-state index < -0.39 is 28.4 Å². The van der Waals surface area contributed by atoms with Gasteiger partial charge in [-0.15, -0.1) is 0 Å². The van der Waals surface area contributed by atoms with Gasteiger partial charge in [-0.3, -0.25) is 4.79 Å². The molecule has 9 nitrogen and oxygen atoms in total. The molecule has 4 rings (SSSR count). The van der Waals surface area contributed by atoms with E-state index in [1.54, 1.807) is 18.2 Å². The van der Waals surface area contributed by atoms with Crippen LogP contribution in [-0.2, 0) is 14.8 Å². The molecule has 0 bridgehead atoms. The second kappa shape index (κ2) is 10.4. The molecule has 1 saturated heterocycles. The number of nitrogens with zero attached hydrogens (tertiary/aromatic N) is 1. The van der Waals surface area contributed by atoms with Gasteiger partial charge in [-0.1, -0.05) is 12.8 Å². The smallest absolute Gasteiger partial charge is 0.338 e. The lowest BCUT2D eigenvalue weighted by atomic mass is 10.1. The molecule has 2 aliphatic rings. The van der Waals surface area contributed by atoms with Crippen LogP contribution < -0.4 is 14.2 Å². The van der Waals surface area contributed by atoms with Gasteiger partial charge in [0.1, 0.15) is 23.9 Å². The summed E-state index contributed by atoms with van der Waals surface area (Å²) < 4.78 is 49.3. The van der Waals surface area contributed by atoms with Crippen LogP contribution in [0.4, 0.5) is 0 Å². The number of ether oxygens (including phenoxy) is 4. The molecule has 182 valence electrons. The van der Waals surface area contributed by atoms with Crippen molar-refractivity contribution in [1.82, 2.24) is 4.31 Å². The lowest BCUT2D eigenvalue weighted by Gasteiger charge is -2.21. The van der Waals surface area contributed by atoms with Crippen molar-refractivity contribution in [2.45, 2.75) is 30.6 Å². The van der Waals surface area contributed by atoms with Gasteiger partial charge in [0.15, 0.2) is 23.9 Å². The first-order chi connectivity index (χ1) is 16.4. The van der Waals surface area contributed by atoms with Crippen LogP contribution in [0.5, 0.6) is 17.2 Å². The summed E-state index contributed by atoms with van der Waals surface area (Å²) >= 11 is 0. The third-order valence-electron chi connectivity index (χ3n) is 5.78. The van der Waals surface area contributed by atoms with E-state index in [0.29, 0.717) is 43.4 Å². The van der Waals surface area contributed by atoms with E-state index in [9.17, 15) is 18.0 Å². The molecule has 0 unspecified atom stereocenters. The molecule has 1 fully saturated rings. The van der Waals surface area contributed by atoms with E-state index in [-0.39, 0.29) is 16.2 Å². The SMILES string of the molecule is COc1ccc(C(=O)OCC(=O)c2ccc3c(c2)OCCO3)cc1S(=O)(=O)N1CCCCCC1. The van der Waals surface area contributed by atoms with E-state index in [4.69, 9.17) is 18.9 Å². The number of hydrogen-bond donors (Lipinski definition) is 0. The number of Topliss-reactive ketones (excluding diaryl/α,β-unsaturated/α-hetero) is 1. The van der Waals surface area contributed by atoms with E-state index in [0.717, 1.165) is 25.7 Å². The summed E-state index contributed by atoms with van der Waals surface area (Å²) in [5.41, 5.74) is 0.334. The third kappa shape index (κ3) is 5.18. The van der Waals surface area contributed by atoms with Gasteiger partial charge in [0.2, 0.25) is 10.0 Å². The summed E-state index contributed by atoms with van der Waals surface area (Å²) in [7, 11) is -2.48. The molecule has 10 heteroatoms. The molecule has 0 amide bonds. The van der Waals surface area contributed by atoms with Crippen molar-refractivity contribution < 1.29 is 37.0 Å². The van der Waals surface area contributed by atoms with Crippen molar-refractivity contribution in [2.24, 2.45) is 0 Å². The van der Waals surface area contributed by atoms with Gasteiger partial charge in [0.05, 0.1) is 12.7 Å². The Bertz CT molecular complexity index is 1170. The summed E-state index contributed by atoms with van der Waals surface area (Å²) in [5, 5.41) is 0. The highest BCUT2D eigenvalue weighted by Crippen LogP contribution is 2.31. The normalized spacial score (nSPS) is 16.4. The molecule has 2 aliphatic heterocycles. The number of rotatable bonds is 7. The number of esters is 1. The first-order valence-electron chi connectivity index (χ1n) is 11.2. The lowest BCUT2D eigenvalue weighted by molar-refractivity contribution is 0.0474. The predicted molar refractivity (Wildman–Crippen MR) is 122 cm³/mol. The molecular formula is C24H27NO8S. The first-order valence-corrected chi connectivity index (χ1v) is 12.6. The zero-order valence-electron chi connectivity index (χ0n) is 18.9. The molecule has 0 spiro atoms. The Kier molecular flexibility index (Phi) is 7.38. The quantitative estimate of drug-likeness (QED) is 0.431. The second-order valence-corrected chi connectivity index (χ2v) is 9.95. The molecule has 34 heavy (non-hydrogen) atoms. The molecule has 2 heterocycles. The molecule has 0 aromatic heterocycles. The van der Waals surface area contributed by atoms with E-state index in [2.05, 4.69) is 0 Å². The van der Waals surface area contributed by atoms with Crippen LogP contribution in [-0.4, -0.2) is 64.5 Å². The largest absolute Gasteiger partial charge is 0.495 e. The summed E-state index contributed by atoms with van der Waals surface area (Å²) in [4.78, 5) is 25.1. The highest BCUT2D eigenvalue weighted by atomic mass is 32.2. The fourth-order valence-electron chi connectivity index (χ4n) is 3.94. The van der Waals surface area contributed by atoms with Crippen molar-refractivity contribution in [3.05, 3.63) is 47.5 Å².